The van der Waals surface area contributed by atoms with Crippen molar-refractivity contribution in [1.82, 2.24) is 0 Å². The molecule has 0 saturated carbocycles. The number of esters is 4. The number of phenols is 2. The third kappa shape index (κ3) is 6.86. The van der Waals surface area contributed by atoms with Crippen LogP contribution in [0.5, 0.6) is 11.5 Å². The number of carbonyl (C=O) groups excluding carboxylic acids is 4. The highest BCUT2D eigenvalue weighted by molar-refractivity contribution is 6.16. The molecule has 4 N–H and O–H groups in total. The Morgan fingerprint density at radius 2 is 0.831 bits per heavy atom. The molecule has 12 heteroatoms. The van der Waals surface area contributed by atoms with Gasteiger partial charge in [0.05, 0.1) is 38.8 Å². The molecule has 12 nitrogen and oxygen atoms in total. The Labute approximate surface area is 336 Å². The molecule has 3 aliphatic rings. The maximum atomic E-state index is 11.0. The Morgan fingerprint density at radius 1 is 0.458 bits per heavy atom. The third-order valence-corrected chi connectivity index (χ3v) is 10.5. The Morgan fingerprint density at radius 3 is 1.20 bits per heavy atom. The van der Waals surface area contributed by atoms with Gasteiger partial charge >= 0.3 is 35.8 Å². The lowest BCUT2D eigenvalue weighted by Gasteiger charge is -2.37. The number of rotatable bonds is 6. The molecule has 0 radical (unpaired) electrons. The molecule has 9 rings (SSSR count). The van der Waals surface area contributed by atoms with Crippen molar-refractivity contribution in [2.45, 2.75) is 32.1 Å². The molecule has 1 aliphatic carbocycles. The number of benzene rings is 6. The van der Waals surface area contributed by atoms with E-state index in [2.05, 4.69) is 84.0 Å². The highest BCUT2D eigenvalue weighted by Crippen LogP contribution is 2.57. The maximum Gasteiger partial charge on any atom is 0.346 e. The zero-order valence-electron chi connectivity index (χ0n) is 31.5. The minimum absolute atomic E-state index is 0.00917. The molecule has 0 bridgehead atoms. The van der Waals surface area contributed by atoms with Gasteiger partial charge in [-0.3, -0.25) is 0 Å². The monoisotopic (exact) mass is 790 g/mol. The smallest absolute Gasteiger partial charge is 0.346 e. The number of ether oxygens (including phenoxy) is 2. The summed E-state index contributed by atoms with van der Waals surface area (Å²) in [4.78, 5) is 65.1. The number of carbonyl (C=O) groups is 6. The zero-order chi connectivity index (χ0) is 42.2. The fourth-order valence-corrected chi connectivity index (χ4v) is 7.87. The van der Waals surface area contributed by atoms with Crippen LogP contribution < -0.4 is 0 Å². The van der Waals surface area contributed by atoms with E-state index >= 15 is 0 Å². The van der Waals surface area contributed by atoms with E-state index in [-0.39, 0.29) is 44.9 Å². The lowest BCUT2D eigenvalue weighted by Crippen LogP contribution is -2.31. The SMILES string of the molecule is CCc1cc(O)ccc1C1(c2ccc(O)cc2CC)c2ccccc2-c2ccccc21.O=C(O)c1ccc2c(c1)C(=O)OC2=O.O=C(O)c1ccc2c(c1)C(=O)OC2=O. The number of hydrogen-bond acceptors (Lipinski definition) is 10. The van der Waals surface area contributed by atoms with Crippen molar-refractivity contribution in [3.05, 3.63) is 188 Å². The number of aryl methyl sites for hydroxylation is 2. The topological polar surface area (TPSA) is 202 Å². The molecule has 6 aromatic carbocycles. The summed E-state index contributed by atoms with van der Waals surface area (Å²) in [6.45, 7) is 4.27. The van der Waals surface area contributed by atoms with Gasteiger partial charge in [-0.2, -0.15) is 0 Å². The number of carboxylic acids is 2. The lowest BCUT2D eigenvalue weighted by atomic mass is 9.64. The van der Waals surface area contributed by atoms with Gasteiger partial charge in [-0.1, -0.05) is 74.5 Å². The van der Waals surface area contributed by atoms with Gasteiger partial charge in [0, 0.05) is 0 Å². The van der Waals surface area contributed by atoms with Crippen molar-refractivity contribution in [3.63, 3.8) is 0 Å². The molecule has 0 amide bonds. The first kappa shape index (κ1) is 39.4. The fraction of sp³-hybridized carbons (Fsp3) is 0.106. The van der Waals surface area contributed by atoms with E-state index < -0.39 is 41.2 Å². The van der Waals surface area contributed by atoms with Crippen LogP contribution in [0, 0.1) is 0 Å². The van der Waals surface area contributed by atoms with Gasteiger partial charge in [0.25, 0.3) is 0 Å². The van der Waals surface area contributed by atoms with Gasteiger partial charge in [0.15, 0.2) is 0 Å². The first-order valence-electron chi connectivity index (χ1n) is 18.4. The standard InChI is InChI=1S/C29H26O2.2C9H4O5/c1-3-19-17-21(30)13-15-25(19)29(26-16-14-22(31)18-20(26)4-2)27-11-7-5-9-23(27)24-10-6-8-12-28(24)29;2*10-7(11)4-1-2-5-6(3-4)9(13)14-8(5)12/h5-18,30-31H,3-4H2,1-2H3;2*1-3H,(H,10,11). The van der Waals surface area contributed by atoms with Crippen LogP contribution in [0.15, 0.2) is 121 Å². The summed E-state index contributed by atoms with van der Waals surface area (Å²) in [6.07, 6.45) is 1.63. The second-order valence-electron chi connectivity index (χ2n) is 13.7. The van der Waals surface area contributed by atoms with Gasteiger partial charge in [-0.25, -0.2) is 28.8 Å². The van der Waals surface area contributed by atoms with E-state index in [4.69, 9.17) is 10.2 Å². The van der Waals surface area contributed by atoms with E-state index in [0.717, 1.165) is 36.1 Å². The highest BCUT2D eigenvalue weighted by atomic mass is 16.6. The van der Waals surface area contributed by atoms with Gasteiger partial charge < -0.3 is 29.9 Å². The predicted molar refractivity (Wildman–Crippen MR) is 212 cm³/mol. The number of aromatic hydroxyl groups is 2. The number of hydrogen-bond donors (Lipinski definition) is 4. The van der Waals surface area contributed by atoms with Crippen LogP contribution >= 0.6 is 0 Å². The van der Waals surface area contributed by atoms with E-state index in [1.54, 1.807) is 12.1 Å². The van der Waals surface area contributed by atoms with E-state index in [1.165, 1.54) is 57.6 Å². The molecule has 2 heterocycles. The molecular weight excluding hydrogens is 757 g/mol. The van der Waals surface area contributed by atoms with E-state index in [1.807, 2.05) is 12.1 Å². The largest absolute Gasteiger partial charge is 0.508 e. The maximum absolute atomic E-state index is 11.0. The van der Waals surface area contributed by atoms with E-state index in [0.29, 0.717) is 0 Å². The van der Waals surface area contributed by atoms with E-state index in [9.17, 15) is 39.0 Å². The molecule has 0 spiro atoms. The minimum Gasteiger partial charge on any atom is -0.508 e. The Kier molecular flexibility index (Phi) is 10.4. The molecule has 0 atom stereocenters. The Hall–Kier alpha value is -7.86. The summed E-state index contributed by atoms with van der Waals surface area (Å²) in [7, 11) is 0. The summed E-state index contributed by atoms with van der Waals surface area (Å²) in [6, 6.07) is 36.1. The van der Waals surface area contributed by atoms with Crippen molar-refractivity contribution in [3.8, 4) is 22.6 Å². The molecule has 6 aromatic rings. The average molecular weight is 791 g/mol. The van der Waals surface area contributed by atoms with Crippen molar-refractivity contribution in [2.75, 3.05) is 0 Å². The summed E-state index contributed by atoms with van der Waals surface area (Å²) in [5, 5.41) is 37.8. The molecule has 0 unspecified atom stereocenters. The van der Waals surface area contributed by atoms with Crippen molar-refractivity contribution < 1.29 is 58.7 Å². The van der Waals surface area contributed by atoms with Gasteiger partial charge in [-0.05, 0) is 118 Å². The highest BCUT2D eigenvalue weighted by Gasteiger charge is 2.47. The van der Waals surface area contributed by atoms with Crippen molar-refractivity contribution >= 4 is 35.8 Å². The number of aromatic carboxylic acids is 2. The Balaban J connectivity index is 0.000000156. The van der Waals surface area contributed by atoms with Crippen LogP contribution in [0.2, 0.25) is 0 Å². The first-order valence-corrected chi connectivity index (χ1v) is 18.4. The number of carboxylic acid groups (broad SMARTS) is 2. The van der Waals surface area contributed by atoms with Gasteiger partial charge in [0.2, 0.25) is 0 Å². The van der Waals surface area contributed by atoms with Crippen molar-refractivity contribution in [1.29, 1.82) is 0 Å². The molecule has 2 aliphatic heterocycles. The summed E-state index contributed by atoms with van der Waals surface area (Å²) < 4.78 is 8.59. The molecular formula is C47H34O12. The fourth-order valence-electron chi connectivity index (χ4n) is 7.87. The van der Waals surface area contributed by atoms with Gasteiger partial charge in [0.1, 0.15) is 11.5 Å². The van der Waals surface area contributed by atoms with Crippen LogP contribution in [0.25, 0.3) is 11.1 Å². The number of phenolic OH excluding ortho intramolecular Hbond substituents is 2. The third-order valence-electron chi connectivity index (χ3n) is 10.5. The van der Waals surface area contributed by atoms with Crippen LogP contribution in [0.1, 0.15) is 109 Å². The van der Waals surface area contributed by atoms with Crippen LogP contribution in [0.4, 0.5) is 0 Å². The Bertz CT molecular complexity index is 2570. The summed E-state index contributed by atoms with van der Waals surface area (Å²) >= 11 is 0. The molecule has 0 saturated heterocycles. The summed E-state index contributed by atoms with van der Waals surface area (Å²) in [5.41, 5.74) is 9.24. The quantitative estimate of drug-likeness (QED) is 0.0936. The molecule has 294 valence electrons. The van der Waals surface area contributed by atoms with Crippen LogP contribution in [-0.2, 0) is 27.7 Å². The normalized spacial score (nSPS) is 13.7. The summed E-state index contributed by atoms with van der Waals surface area (Å²) in [5.74, 6) is -4.79. The molecule has 0 aromatic heterocycles. The number of cyclic esters (lactones) is 4. The predicted octanol–water partition coefficient (Wildman–Crippen LogP) is 7.98. The van der Waals surface area contributed by atoms with Crippen molar-refractivity contribution in [2.24, 2.45) is 0 Å². The van der Waals surface area contributed by atoms with Crippen LogP contribution in [0.3, 0.4) is 0 Å². The molecule has 0 fully saturated rings. The second-order valence-corrected chi connectivity index (χ2v) is 13.7. The van der Waals surface area contributed by atoms with Crippen LogP contribution in [-0.4, -0.2) is 56.2 Å². The second kappa shape index (κ2) is 15.6. The average Bonchev–Trinajstić information content (AvgIpc) is 3.82. The molecule has 59 heavy (non-hydrogen) atoms. The minimum atomic E-state index is -1.15. The zero-order valence-corrected chi connectivity index (χ0v) is 31.5. The van der Waals surface area contributed by atoms with Gasteiger partial charge in [-0.15, -0.1) is 0 Å². The lowest BCUT2D eigenvalue weighted by molar-refractivity contribution is 0.0425. The first-order chi connectivity index (χ1) is 28.3. The number of fused-ring (bicyclic) bond motifs is 5.